The van der Waals surface area contributed by atoms with Crippen molar-refractivity contribution < 1.29 is 9.59 Å². The van der Waals surface area contributed by atoms with Crippen LogP contribution in [0.15, 0.2) is 30.7 Å². The van der Waals surface area contributed by atoms with Crippen molar-refractivity contribution in [2.75, 3.05) is 0 Å². The summed E-state index contributed by atoms with van der Waals surface area (Å²) < 4.78 is 1.80. The van der Waals surface area contributed by atoms with Crippen LogP contribution in [-0.2, 0) is 13.6 Å². The van der Waals surface area contributed by atoms with Gasteiger partial charge in [-0.1, -0.05) is 6.07 Å². The largest absolute Gasteiger partial charge is 0.364 e. The second-order valence-electron chi connectivity index (χ2n) is 3.95. The Balaban J connectivity index is 2.06. The summed E-state index contributed by atoms with van der Waals surface area (Å²) in [5.41, 5.74) is 6.18. The fraction of sp³-hybridized carbons (Fsp3) is 0.167. The quantitative estimate of drug-likeness (QED) is 0.796. The Morgan fingerprint density at radius 3 is 2.74 bits per heavy atom. The topological polar surface area (TPSA) is 103 Å². The van der Waals surface area contributed by atoms with Gasteiger partial charge in [0.2, 0.25) is 0 Å². The molecule has 0 bridgehead atoms. The number of hydrogen-bond acceptors (Lipinski definition) is 4. The number of rotatable bonds is 4. The SMILES string of the molecule is Cn1cncc1CNC(=O)c1cccc(C(N)=O)n1. The molecule has 0 aliphatic rings. The Hall–Kier alpha value is -2.70. The van der Waals surface area contributed by atoms with E-state index in [4.69, 9.17) is 5.73 Å². The lowest BCUT2D eigenvalue weighted by molar-refractivity contribution is 0.0945. The van der Waals surface area contributed by atoms with Gasteiger partial charge in [-0.05, 0) is 12.1 Å². The normalized spacial score (nSPS) is 10.2. The number of nitrogens with zero attached hydrogens (tertiary/aromatic N) is 3. The predicted molar refractivity (Wildman–Crippen MR) is 67.1 cm³/mol. The minimum Gasteiger partial charge on any atom is -0.364 e. The lowest BCUT2D eigenvalue weighted by Crippen LogP contribution is -2.25. The molecule has 2 amide bonds. The van der Waals surface area contributed by atoms with Crippen molar-refractivity contribution in [2.45, 2.75) is 6.54 Å². The molecule has 2 aromatic heterocycles. The van der Waals surface area contributed by atoms with Gasteiger partial charge >= 0.3 is 0 Å². The van der Waals surface area contributed by atoms with Crippen LogP contribution in [0.3, 0.4) is 0 Å². The van der Waals surface area contributed by atoms with Crippen molar-refractivity contribution in [3.8, 4) is 0 Å². The first kappa shape index (κ1) is 12.7. The first-order valence-corrected chi connectivity index (χ1v) is 5.58. The van der Waals surface area contributed by atoms with E-state index in [1.165, 1.54) is 12.1 Å². The van der Waals surface area contributed by atoms with Crippen LogP contribution in [0.5, 0.6) is 0 Å². The van der Waals surface area contributed by atoms with E-state index in [9.17, 15) is 9.59 Å². The highest BCUT2D eigenvalue weighted by Gasteiger charge is 2.10. The van der Waals surface area contributed by atoms with Crippen LogP contribution in [0.1, 0.15) is 26.7 Å². The first-order valence-electron chi connectivity index (χ1n) is 5.58. The van der Waals surface area contributed by atoms with Gasteiger partial charge in [-0.2, -0.15) is 0 Å². The molecule has 0 atom stereocenters. The highest BCUT2D eigenvalue weighted by molar-refractivity contribution is 5.95. The molecule has 0 saturated heterocycles. The van der Waals surface area contributed by atoms with Crippen LogP contribution in [0.4, 0.5) is 0 Å². The Morgan fingerprint density at radius 1 is 1.37 bits per heavy atom. The summed E-state index contributed by atoms with van der Waals surface area (Å²) in [6.07, 6.45) is 3.31. The molecule has 2 rings (SSSR count). The number of aromatic nitrogens is 3. The minimum atomic E-state index is -0.665. The zero-order valence-electron chi connectivity index (χ0n) is 10.3. The molecular formula is C12H13N5O2. The zero-order chi connectivity index (χ0) is 13.8. The van der Waals surface area contributed by atoms with E-state index in [1.807, 2.05) is 7.05 Å². The third kappa shape index (κ3) is 2.95. The molecule has 7 nitrogen and oxygen atoms in total. The number of amides is 2. The molecule has 0 unspecified atom stereocenters. The number of nitrogens with one attached hydrogen (secondary N) is 1. The monoisotopic (exact) mass is 259 g/mol. The molecule has 0 spiro atoms. The Bertz CT molecular complexity index is 620. The zero-order valence-corrected chi connectivity index (χ0v) is 10.3. The van der Waals surface area contributed by atoms with Crippen molar-refractivity contribution in [2.24, 2.45) is 12.8 Å². The molecule has 0 saturated carbocycles. The van der Waals surface area contributed by atoms with Crippen molar-refractivity contribution in [1.82, 2.24) is 19.9 Å². The van der Waals surface area contributed by atoms with E-state index in [1.54, 1.807) is 23.2 Å². The van der Waals surface area contributed by atoms with Crippen LogP contribution in [0.25, 0.3) is 0 Å². The van der Waals surface area contributed by atoms with Crippen molar-refractivity contribution in [1.29, 1.82) is 0 Å². The third-order valence-corrected chi connectivity index (χ3v) is 2.58. The predicted octanol–water partition coefficient (Wildman–Crippen LogP) is -0.156. The highest BCUT2D eigenvalue weighted by Crippen LogP contribution is 2.00. The van der Waals surface area contributed by atoms with E-state index in [0.717, 1.165) is 5.69 Å². The Labute approximate surface area is 109 Å². The first-order chi connectivity index (χ1) is 9.08. The summed E-state index contributed by atoms with van der Waals surface area (Å²) in [6.45, 7) is 0.331. The fourth-order valence-electron chi connectivity index (χ4n) is 1.51. The van der Waals surface area contributed by atoms with E-state index in [0.29, 0.717) is 6.54 Å². The lowest BCUT2D eigenvalue weighted by atomic mass is 10.3. The maximum absolute atomic E-state index is 11.9. The minimum absolute atomic E-state index is 0.0631. The van der Waals surface area contributed by atoms with Gasteiger partial charge in [-0.15, -0.1) is 0 Å². The maximum Gasteiger partial charge on any atom is 0.270 e. The van der Waals surface area contributed by atoms with Crippen molar-refractivity contribution >= 4 is 11.8 Å². The second-order valence-corrected chi connectivity index (χ2v) is 3.95. The fourth-order valence-corrected chi connectivity index (χ4v) is 1.51. The van der Waals surface area contributed by atoms with Gasteiger partial charge < -0.3 is 15.6 Å². The molecule has 0 aliphatic heterocycles. The highest BCUT2D eigenvalue weighted by atomic mass is 16.2. The Kier molecular flexibility index (Phi) is 3.56. The number of nitrogens with two attached hydrogens (primary N) is 1. The molecule has 3 N–H and O–H groups in total. The molecule has 0 aliphatic carbocycles. The summed E-state index contributed by atoms with van der Waals surface area (Å²) >= 11 is 0. The summed E-state index contributed by atoms with van der Waals surface area (Å²) in [5, 5.41) is 2.69. The molecule has 7 heteroatoms. The molecule has 0 fully saturated rings. The van der Waals surface area contributed by atoms with Gasteiger partial charge in [-0.3, -0.25) is 9.59 Å². The number of hydrogen-bond donors (Lipinski definition) is 2. The van der Waals surface area contributed by atoms with Crippen LogP contribution in [0.2, 0.25) is 0 Å². The number of imidazole rings is 1. The molecule has 0 radical (unpaired) electrons. The average molecular weight is 259 g/mol. The molecular weight excluding hydrogens is 246 g/mol. The van der Waals surface area contributed by atoms with Crippen LogP contribution in [-0.4, -0.2) is 26.3 Å². The molecule has 2 heterocycles. The summed E-state index contributed by atoms with van der Waals surface area (Å²) in [7, 11) is 1.83. The van der Waals surface area contributed by atoms with Gasteiger partial charge in [0.25, 0.3) is 11.8 Å². The van der Waals surface area contributed by atoms with E-state index in [-0.39, 0.29) is 17.3 Å². The van der Waals surface area contributed by atoms with E-state index in [2.05, 4.69) is 15.3 Å². The number of pyridine rings is 1. The van der Waals surface area contributed by atoms with Gasteiger partial charge in [0.1, 0.15) is 11.4 Å². The van der Waals surface area contributed by atoms with Crippen molar-refractivity contribution in [3.63, 3.8) is 0 Å². The number of aryl methyl sites for hydroxylation is 1. The summed E-state index contributed by atoms with van der Waals surface area (Å²) in [4.78, 5) is 30.7. The molecule has 98 valence electrons. The number of primary amides is 1. The van der Waals surface area contributed by atoms with E-state index < -0.39 is 5.91 Å². The lowest BCUT2D eigenvalue weighted by Gasteiger charge is -2.05. The molecule has 0 aromatic carbocycles. The van der Waals surface area contributed by atoms with E-state index >= 15 is 0 Å². The summed E-state index contributed by atoms with van der Waals surface area (Å²) in [5.74, 6) is -1.04. The summed E-state index contributed by atoms with van der Waals surface area (Å²) in [6, 6.07) is 4.54. The van der Waals surface area contributed by atoms with Gasteiger partial charge in [0.05, 0.1) is 18.6 Å². The number of carbonyl (C=O) groups excluding carboxylic acids is 2. The maximum atomic E-state index is 11.9. The van der Waals surface area contributed by atoms with Crippen LogP contribution >= 0.6 is 0 Å². The Morgan fingerprint density at radius 2 is 2.11 bits per heavy atom. The van der Waals surface area contributed by atoms with Crippen LogP contribution < -0.4 is 11.1 Å². The van der Waals surface area contributed by atoms with Gasteiger partial charge in [0.15, 0.2) is 0 Å². The average Bonchev–Trinajstić information content (AvgIpc) is 2.81. The number of carbonyl (C=O) groups is 2. The molecule has 2 aromatic rings. The van der Waals surface area contributed by atoms with Crippen LogP contribution in [0, 0.1) is 0 Å². The van der Waals surface area contributed by atoms with Crippen molar-refractivity contribution in [3.05, 3.63) is 47.8 Å². The molecule has 19 heavy (non-hydrogen) atoms. The van der Waals surface area contributed by atoms with Gasteiger partial charge in [-0.25, -0.2) is 9.97 Å². The smallest absolute Gasteiger partial charge is 0.270 e. The third-order valence-electron chi connectivity index (χ3n) is 2.58. The van der Waals surface area contributed by atoms with Gasteiger partial charge in [0, 0.05) is 13.2 Å². The second kappa shape index (κ2) is 5.30. The standard InChI is InChI=1S/C12H13N5O2/c1-17-7-14-5-8(17)6-15-12(19)10-4-2-3-9(16-10)11(13)18/h2-5,7H,6H2,1H3,(H2,13,18)(H,15,19).